The van der Waals surface area contributed by atoms with Gasteiger partial charge in [0.05, 0.1) is 0 Å². The summed E-state index contributed by atoms with van der Waals surface area (Å²) in [5, 5.41) is 0. The SMILES string of the molecule is C=C/C=C(C=C)/C=C/C(=O)/C=C/C(C=C)=C/C=C. The topological polar surface area (TPSA) is 17.1 Å². The Kier molecular flexibility index (Phi) is 8.48. The van der Waals surface area contributed by atoms with Gasteiger partial charge in [-0.05, 0) is 23.3 Å². The van der Waals surface area contributed by atoms with E-state index in [4.69, 9.17) is 0 Å². The monoisotopic (exact) mass is 238 g/mol. The van der Waals surface area contributed by atoms with Gasteiger partial charge in [-0.2, -0.15) is 0 Å². The largest absolute Gasteiger partial charge is 0.290 e. The number of carbonyl (C=O) groups is 1. The van der Waals surface area contributed by atoms with Gasteiger partial charge < -0.3 is 0 Å². The zero-order valence-corrected chi connectivity index (χ0v) is 10.5. The Morgan fingerprint density at radius 2 is 1.06 bits per heavy atom. The lowest BCUT2D eigenvalue weighted by molar-refractivity contribution is -0.110. The molecule has 0 aliphatic rings. The fourth-order valence-electron chi connectivity index (χ4n) is 1.07. The van der Waals surface area contributed by atoms with Crippen molar-refractivity contribution in [2.24, 2.45) is 0 Å². The fourth-order valence-corrected chi connectivity index (χ4v) is 1.07. The van der Waals surface area contributed by atoms with E-state index in [1.807, 2.05) is 0 Å². The Hall–Kier alpha value is -2.41. The van der Waals surface area contributed by atoms with Crippen LogP contribution in [0.3, 0.4) is 0 Å². The maximum atomic E-state index is 11.5. The lowest BCUT2D eigenvalue weighted by atomic mass is 10.1. The van der Waals surface area contributed by atoms with Crippen LogP contribution in [0.5, 0.6) is 0 Å². The van der Waals surface area contributed by atoms with Crippen LogP contribution in [0.15, 0.2) is 98.2 Å². The third-order valence-corrected chi connectivity index (χ3v) is 1.97. The van der Waals surface area contributed by atoms with Crippen LogP contribution >= 0.6 is 0 Å². The van der Waals surface area contributed by atoms with Gasteiger partial charge in [0.1, 0.15) is 0 Å². The maximum Gasteiger partial charge on any atom is 0.178 e. The first-order valence-electron chi connectivity index (χ1n) is 5.48. The van der Waals surface area contributed by atoms with Crippen LogP contribution in [0.1, 0.15) is 0 Å². The highest BCUT2D eigenvalue weighted by Crippen LogP contribution is 2.01. The highest BCUT2D eigenvalue weighted by atomic mass is 16.1. The standard InChI is InChI=1S/C17H18O/c1-5-9-15(7-3)11-13-17(18)14-12-16(8-4)10-6-2/h5-14H,1-4H2/b13-11+,14-12+,15-9+,16-10+. The summed E-state index contributed by atoms with van der Waals surface area (Å²) in [5.74, 6) is -0.108. The van der Waals surface area contributed by atoms with Crippen molar-refractivity contribution in [1.29, 1.82) is 0 Å². The van der Waals surface area contributed by atoms with E-state index >= 15 is 0 Å². The van der Waals surface area contributed by atoms with Crippen molar-refractivity contribution >= 4 is 5.78 Å². The van der Waals surface area contributed by atoms with Crippen LogP contribution < -0.4 is 0 Å². The minimum Gasteiger partial charge on any atom is -0.290 e. The fraction of sp³-hybridized carbons (Fsp3) is 0. The maximum absolute atomic E-state index is 11.5. The summed E-state index contributed by atoms with van der Waals surface area (Å²) in [6, 6.07) is 0. The summed E-state index contributed by atoms with van der Waals surface area (Å²) >= 11 is 0. The van der Waals surface area contributed by atoms with Gasteiger partial charge >= 0.3 is 0 Å². The first kappa shape index (κ1) is 15.6. The molecule has 0 spiro atoms. The summed E-state index contributed by atoms with van der Waals surface area (Å²) in [5.41, 5.74) is 1.66. The van der Waals surface area contributed by atoms with E-state index < -0.39 is 0 Å². The van der Waals surface area contributed by atoms with Gasteiger partial charge in [0, 0.05) is 0 Å². The van der Waals surface area contributed by atoms with Gasteiger partial charge in [-0.15, -0.1) is 0 Å². The molecule has 1 heteroatoms. The van der Waals surface area contributed by atoms with Crippen molar-refractivity contribution in [2.75, 3.05) is 0 Å². The minimum absolute atomic E-state index is 0.108. The summed E-state index contributed by atoms with van der Waals surface area (Å²) in [6.45, 7) is 14.4. The normalized spacial score (nSPS) is 12.7. The van der Waals surface area contributed by atoms with Crippen molar-refractivity contribution in [3.05, 3.63) is 98.2 Å². The highest BCUT2D eigenvalue weighted by Gasteiger charge is 1.90. The van der Waals surface area contributed by atoms with E-state index in [1.165, 1.54) is 12.2 Å². The van der Waals surface area contributed by atoms with E-state index in [0.29, 0.717) is 0 Å². The molecular formula is C17H18O. The molecule has 0 rings (SSSR count). The van der Waals surface area contributed by atoms with Gasteiger partial charge in [-0.1, -0.05) is 74.9 Å². The van der Waals surface area contributed by atoms with Crippen LogP contribution in [0.2, 0.25) is 0 Å². The molecule has 0 saturated carbocycles. The smallest absolute Gasteiger partial charge is 0.178 e. The molecule has 1 nitrogen and oxygen atoms in total. The van der Waals surface area contributed by atoms with Gasteiger partial charge in [0.15, 0.2) is 5.78 Å². The molecule has 0 aliphatic heterocycles. The Morgan fingerprint density at radius 1 is 0.667 bits per heavy atom. The second-order valence-corrected chi connectivity index (χ2v) is 3.28. The Balaban J connectivity index is 4.70. The zero-order valence-electron chi connectivity index (χ0n) is 10.5. The first-order valence-corrected chi connectivity index (χ1v) is 5.48. The molecule has 0 radical (unpaired) electrons. The molecule has 0 saturated heterocycles. The third kappa shape index (κ3) is 6.96. The lowest BCUT2D eigenvalue weighted by Crippen LogP contribution is -1.86. The molecule has 0 aromatic rings. The molecule has 0 bridgehead atoms. The number of carbonyl (C=O) groups excluding carboxylic acids is 1. The van der Waals surface area contributed by atoms with Crippen molar-refractivity contribution in [3.8, 4) is 0 Å². The van der Waals surface area contributed by atoms with Crippen molar-refractivity contribution in [1.82, 2.24) is 0 Å². The zero-order chi connectivity index (χ0) is 13.8. The summed E-state index contributed by atoms with van der Waals surface area (Å²) in [6.07, 6.45) is 16.5. The second kappa shape index (κ2) is 9.79. The number of hydrogen-bond acceptors (Lipinski definition) is 1. The average molecular weight is 238 g/mol. The average Bonchev–Trinajstić information content (AvgIpc) is 2.39. The van der Waals surface area contributed by atoms with E-state index in [-0.39, 0.29) is 5.78 Å². The molecule has 92 valence electrons. The van der Waals surface area contributed by atoms with E-state index in [2.05, 4.69) is 26.3 Å². The number of rotatable bonds is 8. The van der Waals surface area contributed by atoms with Gasteiger partial charge in [-0.3, -0.25) is 4.79 Å². The minimum atomic E-state index is -0.108. The van der Waals surface area contributed by atoms with Crippen molar-refractivity contribution in [2.45, 2.75) is 0 Å². The van der Waals surface area contributed by atoms with E-state index in [0.717, 1.165) is 11.1 Å². The van der Waals surface area contributed by atoms with E-state index in [1.54, 1.807) is 48.6 Å². The molecule has 0 amide bonds. The van der Waals surface area contributed by atoms with E-state index in [9.17, 15) is 4.79 Å². The van der Waals surface area contributed by atoms with Crippen LogP contribution in [0.4, 0.5) is 0 Å². The Morgan fingerprint density at radius 3 is 1.33 bits per heavy atom. The second-order valence-electron chi connectivity index (χ2n) is 3.28. The van der Waals surface area contributed by atoms with Gasteiger partial charge in [-0.25, -0.2) is 0 Å². The summed E-state index contributed by atoms with van der Waals surface area (Å²) in [4.78, 5) is 11.5. The van der Waals surface area contributed by atoms with Crippen LogP contribution in [-0.2, 0) is 4.79 Å². The Labute approximate surface area is 109 Å². The van der Waals surface area contributed by atoms with Gasteiger partial charge in [0.25, 0.3) is 0 Å². The quantitative estimate of drug-likeness (QED) is 0.456. The van der Waals surface area contributed by atoms with Crippen molar-refractivity contribution in [3.63, 3.8) is 0 Å². The van der Waals surface area contributed by atoms with Gasteiger partial charge in [0.2, 0.25) is 0 Å². The molecule has 0 aromatic carbocycles. The van der Waals surface area contributed by atoms with Crippen LogP contribution in [0.25, 0.3) is 0 Å². The molecule has 0 aliphatic carbocycles. The first-order chi connectivity index (χ1) is 8.67. The lowest BCUT2D eigenvalue weighted by Gasteiger charge is -1.91. The third-order valence-electron chi connectivity index (χ3n) is 1.97. The summed E-state index contributed by atoms with van der Waals surface area (Å²) in [7, 11) is 0. The number of allylic oxidation sites excluding steroid dienone is 12. The molecule has 0 unspecified atom stereocenters. The van der Waals surface area contributed by atoms with Crippen LogP contribution in [-0.4, -0.2) is 5.78 Å². The number of hydrogen-bond donors (Lipinski definition) is 0. The molecule has 0 heterocycles. The highest BCUT2D eigenvalue weighted by molar-refractivity contribution is 5.99. The Bertz CT molecular complexity index is 412. The number of ketones is 1. The molecule has 0 N–H and O–H groups in total. The molecule has 18 heavy (non-hydrogen) atoms. The van der Waals surface area contributed by atoms with Crippen molar-refractivity contribution < 1.29 is 4.79 Å². The molecule has 0 atom stereocenters. The molecule has 0 fully saturated rings. The van der Waals surface area contributed by atoms with Crippen LogP contribution in [0, 0.1) is 0 Å². The molecular weight excluding hydrogens is 220 g/mol. The predicted octanol–water partition coefficient (Wildman–Crippen LogP) is 4.26. The summed E-state index contributed by atoms with van der Waals surface area (Å²) < 4.78 is 0. The predicted molar refractivity (Wildman–Crippen MR) is 80.2 cm³/mol. The molecule has 0 aromatic heterocycles.